The smallest absolute Gasteiger partial charge is 0.227 e. The maximum Gasteiger partial charge on any atom is 0.227 e. The topological polar surface area (TPSA) is 58.6 Å². The van der Waals surface area contributed by atoms with Crippen molar-refractivity contribution < 1.29 is 13.9 Å². The summed E-state index contributed by atoms with van der Waals surface area (Å²) in [6.07, 6.45) is 2.98. The molecule has 1 aromatic heterocycles. The van der Waals surface area contributed by atoms with Gasteiger partial charge in [0.2, 0.25) is 11.9 Å². The molecule has 0 saturated carbocycles. The van der Waals surface area contributed by atoms with E-state index in [1.807, 2.05) is 11.1 Å². The molecule has 1 aromatic carbocycles. The lowest BCUT2D eigenvalue weighted by Crippen LogP contribution is -2.37. The molecule has 0 bridgehead atoms. The molecular formula is C21H23FN4O2. The summed E-state index contributed by atoms with van der Waals surface area (Å²) in [6.45, 7) is 4.38. The summed E-state index contributed by atoms with van der Waals surface area (Å²) in [5.74, 6) is 1.07. The Morgan fingerprint density at radius 2 is 2.04 bits per heavy atom. The number of halogens is 1. The first-order valence-electron chi connectivity index (χ1n) is 9.89. The zero-order chi connectivity index (χ0) is 19.1. The van der Waals surface area contributed by atoms with Crippen LogP contribution in [0.2, 0.25) is 0 Å². The number of morpholine rings is 1. The van der Waals surface area contributed by atoms with Crippen molar-refractivity contribution in [2.45, 2.75) is 18.8 Å². The van der Waals surface area contributed by atoms with Crippen LogP contribution >= 0.6 is 0 Å². The van der Waals surface area contributed by atoms with Crippen LogP contribution in [0, 0.1) is 11.7 Å². The first kappa shape index (κ1) is 17.6. The fourth-order valence-corrected chi connectivity index (χ4v) is 4.59. The van der Waals surface area contributed by atoms with Gasteiger partial charge in [0.15, 0.2) is 0 Å². The van der Waals surface area contributed by atoms with Gasteiger partial charge in [-0.2, -0.15) is 0 Å². The molecule has 1 amide bonds. The zero-order valence-corrected chi connectivity index (χ0v) is 15.7. The average molecular weight is 382 g/mol. The molecule has 7 heteroatoms. The molecule has 0 unspecified atom stereocenters. The summed E-state index contributed by atoms with van der Waals surface area (Å²) in [4.78, 5) is 26.2. The molecule has 6 nitrogen and oxygen atoms in total. The second-order valence-electron chi connectivity index (χ2n) is 7.82. The van der Waals surface area contributed by atoms with Crippen molar-refractivity contribution in [3.63, 3.8) is 0 Å². The van der Waals surface area contributed by atoms with Crippen LogP contribution in [0.3, 0.4) is 0 Å². The van der Waals surface area contributed by atoms with Crippen molar-refractivity contribution in [1.29, 1.82) is 0 Å². The SMILES string of the molecule is O=C(Cc1ccccc1F)N1C[C@H]2Cc3cnc(N4CCOCC4)nc3[C@H]2C1. The average Bonchev–Trinajstić information content (AvgIpc) is 3.28. The van der Waals surface area contributed by atoms with Crippen LogP contribution in [0.5, 0.6) is 0 Å². The first-order valence-corrected chi connectivity index (χ1v) is 9.89. The molecule has 2 aliphatic heterocycles. The minimum Gasteiger partial charge on any atom is -0.378 e. The number of hydrogen-bond donors (Lipinski definition) is 0. The van der Waals surface area contributed by atoms with E-state index in [4.69, 9.17) is 9.72 Å². The number of nitrogens with zero attached hydrogens (tertiary/aromatic N) is 4. The Morgan fingerprint density at radius 1 is 1.21 bits per heavy atom. The second-order valence-corrected chi connectivity index (χ2v) is 7.82. The van der Waals surface area contributed by atoms with Gasteiger partial charge < -0.3 is 14.5 Å². The van der Waals surface area contributed by atoms with Crippen molar-refractivity contribution in [2.75, 3.05) is 44.3 Å². The van der Waals surface area contributed by atoms with Crippen LogP contribution in [0.15, 0.2) is 30.5 Å². The van der Waals surface area contributed by atoms with Crippen LogP contribution < -0.4 is 4.90 Å². The molecule has 1 aliphatic carbocycles. The molecule has 2 aromatic rings. The van der Waals surface area contributed by atoms with Gasteiger partial charge in [-0.1, -0.05) is 18.2 Å². The predicted molar refractivity (Wildman–Crippen MR) is 102 cm³/mol. The number of carbonyl (C=O) groups excluding carboxylic acids is 1. The van der Waals surface area contributed by atoms with Crippen LogP contribution in [0.25, 0.3) is 0 Å². The Morgan fingerprint density at radius 3 is 2.86 bits per heavy atom. The highest BCUT2D eigenvalue weighted by atomic mass is 19.1. The maximum atomic E-state index is 13.9. The summed E-state index contributed by atoms with van der Waals surface area (Å²) in [7, 11) is 0. The Bertz CT molecular complexity index is 900. The normalized spacial score (nSPS) is 23.6. The summed E-state index contributed by atoms with van der Waals surface area (Å²) >= 11 is 0. The molecule has 0 spiro atoms. The molecule has 2 saturated heterocycles. The third kappa shape index (κ3) is 3.13. The Balaban J connectivity index is 1.31. The standard InChI is InChI=1S/C21H23FN4O2/c22-18-4-2-1-3-14(18)10-19(27)26-12-16-9-15-11-23-21(24-20(15)17(16)13-26)25-5-7-28-8-6-25/h1-4,11,16-17H,5-10,12-13H2/t16-,17+/m1/s1. The fraction of sp³-hybridized carbons (Fsp3) is 0.476. The van der Waals surface area contributed by atoms with Crippen molar-refractivity contribution in [3.8, 4) is 0 Å². The molecule has 3 heterocycles. The first-order chi connectivity index (χ1) is 13.7. The Labute approximate surface area is 163 Å². The van der Waals surface area contributed by atoms with Gasteiger partial charge in [0.25, 0.3) is 0 Å². The highest BCUT2D eigenvalue weighted by molar-refractivity contribution is 5.79. The Hall–Kier alpha value is -2.54. The van der Waals surface area contributed by atoms with Crippen LogP contribution in [-0.2, 0) is 22.4 Å². The third-order valence-electron chi connectivity index (χ3n) is 6.11. The molecule has 3 aliphatic rings. The van der Waals surface area contributed by atoms with E-state index in [1.165, 1.54) is 11.6 Å². The molecular weight excluding hydrogens is 359 g/mol. The van der Waals surface area contributed by atoms with Crippen molar-refractivity contribution in [1.82, 2.24) is 14.9 Å². The second kappa shape index (κ2) is 7.13. The van der Waals surface area contributed by atoms with E-state index in [0.29, 0.717) is 37.8 Å². The molecule has 146 valence electrons. The molecule has 0 N–H and O–H groups in total. The highest BCUT2D eigenvalue weighted by Gasteiger charge is 2.43. The minimum atomic E-state index is -0.316. The summed E-state index contributed by atoms with van der Waals surface area (Å²) < 4.78 is 19.3. The number of benzene rings is 1. The Kier molecular flexibility index (Phi) is 4.47. The van der Waals surface area contributed by atoms with Crippen molar-refractivity contribution in [3.05, 3.63) is 53.1 Å². The number of amides is 1. The summed E-state index contributed by atoms with van der Waals surface area (Å²) in [6, 6.07) is 6.50. The summed E-state index contributed by atoms with van der Waals surface area (Å²) in [5, 5.41) is 0. The van der Waals surface area contributed by atoms with E-state index < -0.39 is 0 Å². The predicted octanol–water partition coefficient (Wildman–Crippen LogP) is 1.79. The van der Waals surface area contributed by atoms with Gasteiger partial charge >= 0.3 is 0 Å². The highest BCUT2D eigenvalue weighted by Crippen LogP contribution is 2.42. The fourth-order valence-electron chi connectivity index (χ4n) is 4.59. The van der Waals surface area contributed by atoms with E-state index in [1.54, 1.807) is 18.2 Å². The van der Waals surface area contributed by atoms with Gasteiger partial charge in [0.1, 0.15) is 5.82 Å². The van der Waals surface area contributed by atoms with Crippen LogP contribution in [0.1, 0.15) is 22.7 Å². The zero-order valence-electron chi connectivity index (χ0n) is 15.7. The maximum absolute atomic E-state index is 13.9. The number of carbonyl (C=O) groups is 1. The number of fused-ring (bicyclic) bond motifs is 3. The number of rotatable bonds is 3. The number of hydrogen-bond acceptors (Lipinski definition) is 5. The summed E-state index contributed by atoms with van der Waals surface area (Å²) in [5.41, 5.74) is 2.75. The van der Waals surface area contributed by atoms with Gasteiger partial charge in [0.05, 0.1) is 25.3 Å². The van der Waals surface area contributed by atoms with Gasteiger partial charge in [-0.3, -0.25) is 4.79 Å². The lowest BCUT2D eigenvalue weighted by Gasteiger charge is -2.27. The van der Waals surface area contributed by atoms with E-state index >= 15 is 0 Å². The number of ether oxygens (including phenoxy) is 1. The number of likely N-dealkylation sites (tertiary alicyclic amines) is 1. The van der Waals surface area contributed by atoms with E-state index in [9.17, 15) is 9.18 Å². The van der Waals surface area contributed by atoms with Gasteiger partial charge in [0, 0.05) is 38.3 Å². The molecule has 28 heavy (non-hydrogen) atoms. The molecule has 2 atom stereocenters. The quantitative estimate of drug-likeness (QED) is 0.810. The number of aromatic nitrogens is 2. The number of anilines is 1. The van der Waals surface area contributed by atoms with Crippen LogP contribution in [-0.4, -0.2) is 60.2 Å². The van der Waals surface area contributed by atoms with Gasteiger partial charge in [-0.05, 0) is 29.5 Å². The van der Waals surface area contributed by atoms with Gasteiger partial charge in [-0.15, -0.1) is 0 Å². The lowest BCUT2D eigenvalue weighted by molar-refractivity contribution is -0.129. The molecule has 5 rings (SSSR count). The molecule has 2 fully saturated rings. The van der Waals surface area contributed by atoms with Crippen molar-refractivity contribution in [2.24, 2.45) is 5.92 Å². The largest absolute Gasteiger partial charge is 0.378 e. The van der Waals surface area contributed by atoms with Crippen molar-refractivity contribution >= 4 is 11.9 Å². The monoisotopic (exact) mass is 382 g/mol. The lowest BCUT2D eigenvalue weighted by atomic mass is 9.99. The molecule has 0 radical (unpaired) electrons. The van der Waals surface area contributed by atoms with E-state index in [2.05, 4.69) is 9.88 Å². The third-order valence-corrected chi connectivity index (χ3v) is 6.11. The van der Waals surface area contributed by atoms with Gasteiger partial charge in [-0.25, -0.2) is 14.4 Å². The van der Waals surface area contributed by atoms with E-state index in [-0.39, 0.29) is 24.1 Å². The minimum absolute atomic E-state index is 0.0106. The van der Waals surface area contributed by atoms with E-state index in [0.717, 1.165) is 31.2 Å². The van der Waals surface area contributed by atoms with Crippen LogP contribution in [0.4, 0.5) is 10.3 Å².